The molecule has 1 N–H and O–H groups in total. The van der Waals surface area contributed by atoms with Crippen LogP contribution < -0.4 is 9.47 Å². The largest absolute Gasteiger partial charge is 0.490 e. The molecule has 0 amide bonds. The van der Waals surface area contributed by atoms with Crippen molar-refractivity contribution in [3.8, 4) is 11.5 Å². The fraction of sp³-hybridized carbons (Fsp3) is 0.375. The number of ether oxygens (including phenoxy) is 3. The summed E-state index contributed by atoms with van der Waals surface area (Å²) in [6.07, 6.45) is 0.677. The van der Waals surface area contributed by atoms with E-state index in [2.05, 4.69) is 13.5 Å². The highest BCUT2D eigenvalue weighted by Gasteiger charge is 2.34. The maximum atomic E-state index is 14.5. The Labute approximate surface area is 181 Å². The second kappa shape index (κ2) is 12.1. The van der Waals surface area contributed by atoms with Crippen LogP contribution >= 0.6 is 0 Å². The summed E-state index contributed by atoms with van der Waals surface area (Å²) in [6.45, 7) is 5.01. The molecule has 168 valence electrons. The molecule has 2 aromatic rings. The van der Waals surface area contributed by atoms with Crippen LogP contribution in [-0.4, -0.2) is 30.9 Å². The van der Waals surface area contributed by atoms with Gasteiger partial charge in [-0.15, -0.1) is 0 Å². The predicted octanol–water partition coefficient (Wildman–Crippen LogP) is 5.02. The molecule has 0 saturated carbocycles. The molecule has 0 unspecified atom stereocenters. The highest BCUT2D eigenvalue weighted by Crippen LogP contribution is 2.32. The fourth-order valence-electron chi connectivity index (χ4n) is 2.72. The van der Waals surface area contributed by atoms with Crippen molar-refractivity contribution in [1.29, 1.82) is 0 Å². The molecular formula is C24H28F2O5. The molecule has 0 aliphatic rings. The molecule has 0 aliphatic carbocycles. The first-order valence-electron chi connectivity index (χ1n) is 10.2. The molecule has 0 radical (unpaired) electrons. The third-order valence-corrected chi connectivity index (χ3v) is 4.49. The minimum absolute atomic E-state index is 0.00459. The van der Waals surface area contributed by atoms with Crippen molar-refractivity contribution in [3.05, 3.63) is 71.8 Å². The van der Waals surface area contributed by atoms with Crippen LogP contribution in [0.5, 0.6) is 11.5 Å². The first kappa shape index (κ1) is 24.3. The molecule has 31 heavy (non-hydrogen) atoms. The molecule has 2 rings (SSSR count). The Morgan fingerprint density at radius 1 is 1.00 bits per heavy atom. The van der Waals surface area contributed by atoms with E-state index in [0.29, 0.717) is 5.75 Å². The molecule has 0 bridgehead atoms. The van der Waals surface area contributed by atoms with Gasteiger partial charge in [-0.3, -0.25) is 0 Å². The Morgan fingerprint density at radius 3 is 2.26 bits per heavy atom. The van der Waals surface area contributed by atoms with Crippen molar-refractivity contribution in [1.82, 2.24) is 0 Å². The quantitative estimate of drug-likeness (QED) is 0.273. The Morgan fingerprint density at radius 2 is 1.65 bits per heavy atom. The van der Waals surface area contributed by atoms with Gasteiger partial charge in [-0.1, -0.05) is 38.5 Å². The molecule has 5 nitrogen and oxygen atoms in total. The number of aliphatic hydroxyl groups is 1. The monoisotopic (exact) mass is 434 g/mol. The van der Waals surface area contributed by atoms with E-state index in [9.17, 15) is 13.6 Å². The van der Waals surface area contributed by atoms with E-state index in [0.717, 1.165) is 31.2 Å². The van der Waals surface area contributed by atoms with Crippen molar-refractivity contribution in [2.24, 2.45) is 0 Å². The molecular weight excluding hydrogens is 406 g/mol. The van der Waals surface area contributed by atoms with Crippen LogP contribution in [-0.2, 0) is 22.1 Å². The van der Waals surface area contributed by atoms with E-state index in [1.807, 2.05) is 0 Å². The normalized spacial score (nSPS) is 11.1. The van der Waals surface area contributed by atoms with Gasteiger partial charge in [-0.25, -0.2) is 4.79 Å². The van der Waals surface area contributed by atoms with Crippen LogP contribution in [0.2, 0.25) is 0 Å². The van der Waals surface area contributed by atoms with Crippen molar-refractivity contribution in [3.63, 3.8) is 0 Å². The van der Waals surface area contributed by atoms with Gasteiger partial charge in [0.25, 0.3) is 0 Å². The van der Waals surface area contributed by atoms with E-state index in [1.165, 1.54) is 36.4 Å². The van der Waals surface area contributed by atoms with E-state index in [4.69, 9.17) is 19.3 Å². The van der Waals surface area contributed by atoms with E-state index in [1.54, 1.807) is 12.1 Å². The van der Waals surface area contributed by atoms with Gasteiger partial charge in [0, 0.05) is 0 Å². The van der Waals surface area contributed by atoms with Crippen molar-refractivity contribution < 1.29 is 32.9 Å². The van der Waals surface area contributed by atoms with Crippen LogP contribution in [0.3, 0.4) is 0 Å². The molecule has 0 aliphatic heterocycles. The second-order valence-corrected chi connectivity index (χ2v) is 6.99. The number of aryl methyl sites for hydroxylation is 1. The molecule has 0 saturated heterocycles. The lowest BCUT2D eigenvalue weighted by molar-refractivity contribution is -0.185. The SMILES string of the molecule is C=C(CO)C(=O)OCCOc1ccc(OC(F)(F)c2ccc(CCCCC)cc2)cc1. The van der Waals surface area contributed by atoms with Crippen LogP contribution in [0, 0.1) is 0 Å². The number of unbranched alkanes of at least 4 members (excludes halogenated alkanes) is 2. The molecule has 0 spiro atoms. The number of aliphatic hydroxyl groups excluding tert-OH is 1. The molecule has 0 fully saturated rings. The summed E-state index contributed by atoms with van der Waals surface area (Å²) in [7, 11) is 0. The van der Waals surface area contributed by atoms with Gasteiger partial charge in [-0.2, -0.15) is 8.78 Å². The van der Waals surface area contributed by atoms with Crippen molar-refractivity contribution in [2.45, 2.75) is 38.7 Å². The number of carbonyl (C=O) groups excluding carboxylic acids is 1. The third-order valence-electron chi connectivity index (χ3n) is 4.49. The lowest BCUT2D eigenvalue weighted by atomic mass is 10.1. The van der Waals surface area contributed by atoms with Gasteiger partial charge in [-0.05, 0) is 54.8 Å². The number of esters is 1. The van der Waals surface area contributed by atoms with Gasteiger partial charge in [0.05, 0.1) is 17.7 Å². The zero-order valence-electron chi connectivity index (χ0n) is 17.6. The first-order valence-corrected chi connectivity index (χ1v) is 10.2. The van der Waals surface area contributed by atoms with Gasteiger partial charge < -0.3 is 19.3 Å². The van der Waals surface area contributed by atoms with Crippen molar-refractivity contribution in [2.75, 3.05) is 19.8 Å². The number of hydrogen-bond acceptors (Lipinski definition) is 5. The number of alkyl halides is 2. The van der Waals surface area contributed by atoms with Gasteiger partial charge in [0.1, 0.15) is 24.7 Å². The lowest BCUT2D eigenvalue weighted by Crippen LogP contribution is -2.21. The summed E-state index contributed by atoms with van der Waals surface area (Å²) in [4.78, 5) is 11.3. The van der Waals surface area contributed by atoms with Gasteiger partial charge in [0.15, 0.2) is 0 Å². The zero-order chi connectivity index (χ0) is 22.7. The number of halogens is 2. The van der Waals surface area contributed by atoms with Crippen LogP contribution in [0.25, 0.3) is 0 Å². The average molecular weight is 434 g/mol. The van der Waals surface area contributed by atoms with Gasteiger partial charge >= 0.3 is 12.1 Å². The molecule has 7 heteroatoms. The fourth-order valence-corrected chi connectivity index (χ4v) is 2.72. The van der Waals surface area contributed by atoms with E-state index in [-0.39, 0.29) is 30.1 Å². The number of benzene rings is 2. The smallest absolute Gasteiger partial charge is 0.426 e. The Hall–Kier alpha value is -2.93. The molecule has 0 aromatic heterocycles. The average Bonchev–Trinajstić information content (AvgIpc) is 2.77. The summed E-state index contributed by atoms with van der Waals surface area (Å²) >= 11 is 0. The zero-order valence-corrected chi connectivity index (χ0v) is 17.6. The number of rotatable bonds is 13. The minimum Gasteiger partial charge on any atom is -0.490 e. The molecule has 0 heterocycles. The van der Waals surface area contributed by atoms with E-state index >= 15 is 0 Å². The lowest BCUT2D eigenvalue weighted by Gasteiger charge is -2.19. The minimum atomic E-state index is -3.46. The molecule has 0 atom stereocenters. The summed E-state index contributed by atoms with van der Waals surface area (Å²) in [5.41, 5.74) is 0.771. The summed E-state index contributed by atoms with van der Waals surface area (Å²) in [5, 5.41) is 8.77. The predicted molar refractivity (Wildman–Crippen MR) is 113 cm³/mol. The van der Waals surface area contributed by atoms with Crippen LogP contribution in [0.15, 0.2) is 60.7 Å². The summed E-state index contributed by atoms with van der Waals surface area (Å²) < 4.78 is 44.1. The first-order chi connectivity index (χ1) is 14.9. The van der Waals surface area contributed by atoms with Gasteiger partial charge in [0.2, 0.25) is 0 Å². The highest BCUT2D eigenvalue weighted by molar-refractivity contribution is 5.87. The standard InChI is InChI=1S/C24H28F2O5/c1-3-4-5-6-19-7-9-20(10-8-19)24(25,26)31-22-13-11-21(12-14-22)29-15-16-30-23(28)18(2)17-27/h7-14,27H,2-6,15-17H2,1H3. The third kappa shape index (κ3) is 8.02. The van der Waals surface area contributed by atoms with E-state index < -0.39 is 18.7 Å². The Balaban J connectivity index is 1.84. The molecule has 2 aromatic carbocycles. The number of carbonyl (C=O) groups is 1. The Kier molecular flexibility index (Phi) is 9.46. The van der Waals surface area contributed by atoms with Crippen molar-refractivity contribution >= 4 is 5.97 Å². The highest BCUT2D eigenvalue weighted by atomic mass is 19.3. The Bertz CT molecular complexity index is 832. The number of hydrogen-bond donors (Lipinski definition) is 1. The van der Waals surface area contributed by atoms with Crippen LogP contribution in [0.4, 0.5) is 8.78 Å². The van der Waals surface area contributed by atoms with Crippen LogP contribution in [0.1, 0.15) is 37.3 Å². The summed E-state index contributed by atoms with van der Waals surface area (Å²) in [5.74, 6) is -0.301. The maximum absolute atomic E-state index is 14.5. The second-order valence-electron chi connectivity index (χ2n) is 6.99. The topological polar surface area (TPSA) is 65.0 Å². The maximum Gasteiger partial charge on any atom is 0.426 e. The summed E-state index contributed by atoms with van der Waals surface area (Å²) in [6, 6.07) is 11.9.